The van der Waals surface area contributed by atoms with Crippen LogP contribution in [-0.4, -0.2) is 45.5 Å². The highest BCUT2D eigenvalue weighted by Gasteiger charge is 2.59. The van der Waals surface area contributed by atoms with Crippen LogP contribution >= 0.6 is 0 Å². The molecule has 0 spiro atoms. The Balaban J connectivity index is 1.43. The van der Waals surface area contributed by atoms with Gasteiger partial charge in [0.2, 0.25) is 11.8 Å². The number of carbonyl (C=O) groups is 2. The lowest BCUT2D eigenvalue weighted by Gasteiger charge is -2.40. The van der Waals surface area contributed by atoms with Gasteiger partial charge in [0.05, 0.1) is 24.0 Å². The zero-order chi connectivity index (χ0) is 28.8. The van der Waals surface area contributed by atoms with E-state index in [9.17, 15) is 22.8 Å². The number of fused-ring (bicyclic) bond motifs is 1. The number of carbonyl (C=O) groups excluding carboxylic acids is 2. The van der Waals surface area contributed by atoms with Crippen LogP contribution in [-0.2, 0) is 9.59 Å². The first kappa shape index (κ1) is 27.9. The quantitative estimate of drug-likeness (QED) is 0.514. The van der Waals surface area contributed by atoms with E-state index in [1.807, 2.05) is 26.8 Å². The number of alkyl halides is 3. The van der Waals surface area contributed by atoms with Crippen molar-refractivity contribution in [2.24, 2.45) is 28.5 Å². The van der Waals surface area contributed by atoms with Gasteiger partial charge in [0, 0.05) is 30.3 Å². The van der Waals surface area contributed by atoms with Crippen LogP contribution in [0.4, 0.5) is 13.2 Å². The zero-order valence-electron chi connectivity index (χ0n) is 22.7. The third-order valence-corrected chi connectivity index (χ3v) is 8.78. The van der Waals surface area contributed by atoms with Gasteiger partial charge in [-0.05, 0) is 42.4 Å². The molecule has 8 nitrogen and oxygen atoms in total. The minimum absolute atomic E-state index is 0.105. The number of aliphatic imine (C=N–C) groups is 1. The second kappa shape index (κ2) is 10.4. The Bertz CT molecular complexity index is 1300. The van der Waals surface area contributed by atoms with Gasteiger partial charge in [0.15, 0.2) is 12.1 Å². The maximum atomic E-state index is 13.6. The van der Waals surface area contributed by atoms with Gasteiger partial charge in [-0.3, -0.25) is 19.5 Å². The fourth-order valence-corrected chi connectivity index (χ4v) is 6.30. The van der Waals surface area contributed by atoms with E-state index >= 15 is 0 Å². The first-order valence-corrected chi connectivity index (χ1v) is 13.7. The number of para-hydroxylation sites is 1. The van der Waals surface area contributed by atoms with Crippen LogP contribution in [0.5, 0.6) is 5.75 Å². The molecule has 214 valence electrons. The summed E-state index contributed by atoms with van der Waals surface area (Å²) in [5.74, 6) is -1.37. The van der Waals surface area contributed by atoms with Crippen LogP contribution in [0.1, 0.15) is 69.7 Å². The number of nitrogens with two attached hydrogens (primary N) is 1. The highest BCUT2D eigenvalue weighted by molar-refractivity contribution is 6.00. The number of hydrogen-bond acceptors (Lipinski definition) is 6. The van der Waals surface area contributed by atoms with Crippen molar-refractivity contribution in [2.45, 2.75) is 76.4 Å². The summed E-state index contributed by atoms with van der Waals surface area (Å²) in [6, 6.07) is 8.57. The molecule has 2 aliphatic heterocycles. The van der Waals surface area contributed by atoms with E-state index in [-0.39, 0.29) is 41.8 Å². The van der Waals surface area contributed by atoms with Crippen molar-refractivity contribution in [3.8, 4) is 5.75 Å². The Labute approximate surface area is 231 Å². The molecule has 1 aromatic heterocycles. The standard InChI is InChI=1S/C29H34F3N5O3/c1-4-28(5-2)14-22(38)37(27(33)36-28)25(17-9-8-12-34-15-17)23-16(3)24(23)26(39)35-19-13-21(29(30,31)32)40-20-11-7-6-10-18(19)20/h6-12,15-16,19,21,23-25H,4-5,13-14H2,1-3H3,(H2,33,36)(H,35,39)/t16?,19-,21-,23-,24-,25+/m0/s1. The summed E-state index contributed by atoms with van der Waals surface area (Å²) in [6.45, 7) is 5.85. The number of aromatic nitrogens is 1. The van der Waals surface area contributed by atoms with Gasteiger partial charge >= 0.3 is 6.18 Å². The van der Waals surface area contributed by atoms with Crippen LogP contribution in [0.15, 0.2) is 53.8 Å². The molecule has 1 aliphatic carbocycles. The zero-order valence-corrected chi connectivity index (χ0v) is 22.7. The fourth-order valence-electron chi connectivity index (χ4n) is 6.30. The summed E-state index contributed by atoms with van der Waals surface area (Å²) in [4.78, 5) is 37.7. The maximum Gasteiger partial charge on any atom is 0.425 e. The largest absolute Gasteiger partial charge is 0.480 e. The minimum Gasteiger partial charge on any atom is -0.480 e. The number of nitrogens with one attached hydrogen (secondary N) is 1. The summed E-state index contributed by atoms with van der Waals surface area (Å²) >= 11 is 0. The normalized spacial score (nSPS) is 28.1. The number of pyridine rings is 1. The summed E-state index contributed by atoms with van der Waals surface area (Å²) in [5, 5.41) is 2.86. The van der Waals surface area contributed by atoms with E-state index in [1.54, 1.807) is 36.7 Å². The van der Waals surface area contributed by atoms with Crippen LogP contribution < -0.4 is 15.8 Å². The summed E-state index contributed by atoms with van der Waals surface area (Å²) in [7, 11) is 0. The summed E-state index contributed by atoms with van der Waals surface area (Å²) < 4.78 is 46.1. The van der Waals surface area contributed by atoms with E-state index in [0.29, 0.717) is 18.4 Å². The predicted octanol–water partition coefficient (Wildman–Crippen LogP) is 4.68. The maximum absolute atomic E-state index is 13.6. The topological polar surface area (TPSA) is 110 Å². The Kier molecular flexibility index (Phi) is 7.26. The van der Waals surface area contributed by atoms with Crippen molar-refractivity contribution >= 4 is 17.8 Å². The van der Waals surface area contributed by atoms with Crippen LogP contribution in [0, 0.1) is 17.8 Å². The number of ether oxygens (including phenoxy) is 1. The van der Waals surface area contributed by atoms with E-state index in [1.165, 1.54) is 11.0 Å². The molecule has 1 aromatic carbocycles. The van der Waals surface area contributed by atoms with E-state index in [0.717, 1.165) is 5.56 Å². The van der Waals surface area contributed by atoms with Gasteiger partial charge < -0.3 is 15.8 Å². The van der Waals surface area contributed by atoms with Crippen molar-refractivity contribution < 1.29 is 27.5 Å². The molecule has 0 radical (unpaired) electrons. The molecular weight excluding hydrogens is 523 g/mol. The van der Waals surface area contributed by atoms with E-state index in [4.69, 9.17) is 15.5 Å². The van der Waals surface area contributed by atoms with Gasteiger partial charge in [-0.2, -0.15) is 13.2 Å². The second-order valence-electron chi connectivity index (χ2n) is 11.0. The second-order valence-corrected chi connectivity index (χ2v) is 11.0. The lowest BCUT2D eigenvalue weighted by molar-refractivity contribution is -0.201. The molecule has 3 N–H and O–H groups in total. The Morgan fingerprint density at radius 3 is 2.58 bits per heavy atom. The van der Waals surface area contributed by atoms with Crippen LogP contribution in [0.3, 0.4) is 0 Å². The molecule has 6 atom stereocenters. The molecule has 2 amide bonds. The predicted molar refractivity (Wildman–Crippen MR) is 142 cm³/mol. The van der Waals surface area contributed by atoms with Gasteiger partial charge in [-0.15, -0.1) is 0 Å². The van der Waals surface area contributed by atoms with Crippen molar-refractivity contribution in [3.05, 3.63) is 59.9 Å². The Morgan fingerprint density at radius 1 is 1.23 bits per heavy atom. The van der Waals surface area contributed by atoms with Gasteiger partial charge in [0.1, 0.15) is 5.75 Å². The van der Waals surface area contributed by atoms with Crippen molar-refractivity contribution in [1.82, 2.24) is 15.2 Å². The number of benzene rings is 1. The molecule has 0 saturated heterocycles. The lowest BCUT2D eigenvalue weighted by Crippen LogP contribution is -2.53. The average molecular weight is 558 g/mol. The number of amides is 2. The number of guanidine groups is 1. The number of rotatable bonds is 7. The van der Waals surface area contributed by atoms with Gasteiger partial charge in [-0.25, -0.2) is 4.99 Å². The first-order valence-electron chi connectivity index (χ1n) is 13.7. The van der Waals surface area contributed by atoms with Crippen molar-refractivity contribution in [2.75, 3.05) is 0 Å². The molecule has 40 heavy (non-hydrogen) atoms. The number of hydrogen-bond donors (Lipinski definition) is 2. The van der Waals surface area contributed by atoms with Gasteiger partial charge in [0.25, 0.3) is 0 Å². The molecule has 5 rings (SSSR count). The summed E-state index contributed by atoms with van der Waals surface area (Å²) in [5.41, 5.74) is 7.10. The molecular formula is C29H34F3N5O3. The SMILES string of the molecule is CCC1(CC)CC(=O)N([C@H](c2cccnc2)[C@H]2C(C)[C@@H]2C(=O)N[C@H]2C[C@@H](C(F)(F)F)Oc3ccccc32)C(N)=N1. The average Bonchev–Trinajstić information content (AvgIpc) is 3.60. The monoisotopic (exact) mass is 557 g/mol. The van der Waals surface area contributed by atoms with Gasteiger partial charge in [-0.1, -0.05) is 45.0 Å². The van der Waals surface area contributed by atoms with E-state index < -0.39 is 42.2 Å². The van der Waals surface area contributed by atoms with Crippen molar-refractivity contribution in [1.29, 1.82) is 0 Å². The number of halogens is 3. The molecule has 0 bridgehead atoms. The molecule has 3 heterocycles. The molecule has 1 saturated carbocycles. The molecule has 11 heteroatoms. The van der Waals surface area contributed by atoms with Crippen LogP contribution in [0.25, 0.3) is 0 Å². The Hall–Kier alpha value is -3.63. The fraction of sp³-hybridized carbons (Fsp3) is 0.517. The highest BCUT2D eigenvalue weighted by Crippen LogP contribution is 2.56. The molecule has 1 unspecified atom stereocenters. The third kappa shape index (κ3) is 5.01. The highest BCUT2D eigenvalue weighted by atomic mass is 19.4. The Morgan fingerprint density at radius 2 is 1.95 bits per heavy atom. The minimum atomic E-state index is -4.57. The molecule has 3 aliphatic rings. The van der Waals surface area contributed by atoms with Crippen LogP contribution in [0.2, 0.25) is 0 Å². The molecule has 2 aromatic rings. The number of nitrogens with zero attached hydrogens (tertiary/aromatic N) is 3. The summed E-state index contributed by atoms with van der Waals surface area (Å²) in [6.07, 6.45) is -2.23. The van der Waals surface area contributed by atoms with Crippen molar-refractivity contribution in [3.63, 3.8) is 0 Å². The molecule has 1 fully saturated rings. The lowest BCUT2D eigenvalue weighted by atomic mass is 9.87. The van der Waals surface area contributed by atoms with E-state index in [2.05, 4.69) is 10.3 Å². The third-order valence-electron chi connectivity index (χ3n) is 8.78. The first-order chi connectivity index (χ1) is 19.0. The smallest absolute Gasteiger partial charge is 0.425 e.